The molecular weight excluding hydrogens is 346 g/mol. The van der Waals surface area contributed by atoms with E-state index in [0.29, 0.717) is 11.3 Å². The molecule has 0 unspecified atom stereocenters. The highest BCUT2D eigenvalue weighted by Crippen LogP contribution is 2.24. The van der Waals surface area contributed by atoms with Gasteiger partial charge >= 0.3 is 6.18 Å². The monoisotopic (exact) mass is 357 g/mol. The van der Waals surface area contributed by atoms with Gasteiger partial charge in [0.05, 0.1) is 17.5 Å². The van der Waals surface area contributed by atoms with Crippen LogP contribution in [0.3, 0.4) is 0 Å². The van der Waals surface area contributed by atoms with Crippen molar-refractivity contribution in [2.24, 2.45) is 0 Å². The lowest BCUT2D eigenvalue weighted by atomic mass is 10.2. The fraction of sp³-hybridized carbons (Fsp3) is 0.417. The summed E-state index contributed by atoms with van der Waals surface area (Å²) in [7, 11) is 0. The topological polar surface area (TPSA) is 38.3 Å². The predicted octanol–water partition coefficient (Wildman–Crippen LogP) is 3.80. The van der Waals surface area contributed by atoms with Gasteiger partial charge in [0.15, 0.2) is 0 Å². The van der Waals surface area contributed by atoms with Crippen LogP contribution in [-0.2, 0) is 9.53 Å². The Morgan fingerprint density at radius 3 is 2.65 bits per heavy atom. The molecule has 8 heteroatoms. The second-order valence-electron chi connectivity index (χ2n) is 4.05. The van der Waals surface area contributed by atoms with E-state index in [1.54, 1.807) is 6.92 Å². The van der Waals surface area contributed by atoms with Crippen LogP contribution in [0.2, 0.25) is 0 Å². The van der Waals surface area contributed by atoms with Crippen LogP contribution in [0.4, 0.5) is 23.2 Å². The molecule has 20 heavy (non-hydrogen) atoms. The molecule has 3 nitrogen and oxygen atoms in total. The SMILES string of the molecule is Cc1cc(F)c(Br)cc1NC(=O)CCOCC(F)(F)F. The predicted molar refractivity (Wildman–Crippen MR) is 69.0 cm³/mol. The smallest absolute Gasteiger partial charge is 0.372 e. The first kappa shape index (κ1) is 16.9. The molecule has 0 fully saturated rings. The second-order valence-corrected chi connectivity index (χ2v) is 4.90. The zero-order valence-electron chi connectivity index (χ0n) is 10.5. The number of benzene rings is 1. The normalized spacial score (nSPS) is 11.5. The van der Waals surface area contributed by atoms with E-state index >= 15 is 0 Å². The number of ether oxygens (including phenoxy) is 1. The first-order valence-corrected chi connectivity index (χ1v) is 6.38. The van der Waals surface area contributed by atoms with E-state index in [9.17, 15) is 22.4 Å². The molecule has 1 N–H and O–H groups in total. The average Bonchev–Trinajstić information content (AvgIpc) is 2.30. The van der Waals surface area contributed by atoms with E-state index in [-0.39, 0.29) is 17.5 Å². The summed E-state index contributed by atoms with van der Waals surface area (Å²) in [4.78, 5) is 11.5. The summed E-state index contributed by atoms with van der Waals surface area (Å²) in [6.07, 6.45) is -4.63. The van der Waals surface area contributed by atoms with Crippen LogP contribution in [0.15, 0.2) is 16.6 Å². The van der Waals surface area contributed by atoms with Crippen molar-refractivity contribution in [3.63, 3.8) is 0 Å². The van der Waals surface area contributed by atoms with E-state index in [2.05, 4.69) is 26.0 Å². The minimum atomic E-state index is -4.41. The van der Waals surface area contributed by atoms with E-state index in [4.69, 9.17) is 0 Å². The van der Waals surface area contributed by atoms with Gasteiger partial charge in [0.2, 0.25) is 5.91 Å². The number of amides is 1. The first-order chi connectivity index (χ1) is 9.19. The second kappa shape index (κ2) is 7.03. The van der Waals surface area contributed by atoms with Crippen LogP contribution in [0, 0.1) is 12.7 Å². The van der Waals surface area contributed by atoms with Crippen LogP contribution in [0.1, 0.15) is 12.0 Å². The highest BCUT2D eigenvalue weighted by molar-refractivity contribution is 9.10. The summed E-state index contributed by atoms with van der Waals surface area (Å²) in [5.74, 6) is -0.970. The molecule has 0 heterocycles. The number of aryl methyl sites for hydroxylation is 1. The summed E-state index contributed by atoms with van der Waals surface area (Å²) >= 11 is 2.98. The molecule has 1 rings (SSSR count). The zero-order chi connectivity index (χ0) is 15.3. The van der Waals surface area contributed by atoms with Crippen LogP contribution < -0.4 is 5.32 Å². The summed E-state index contributed by atoms with van der Waals surface area (Å²) in [5.41, 5.74) is 0.898. The first-order valence-electron chi connectivity index (χ1n) is 5.59. The van der Waals surface area contributed by atoms with Crippen molar-refractivity contribution < 1.29 is 27.1 Å². The van der Waals surface area contributed by atoms with Gasteiger partial charge in [-0.3, -0.25) is 4.79 Å². The van der Waals surface area contributed by atoms with Crippen molar-refractivity contribution >= 4 is 27.5 Å². The average molecular weight is 358 g/mol. The highest BCUT2D eigenvalue weighted by atomic mass is 79.9. The van der Waals surface area contributed by atoms with E-state index in [1.807, 2.05) is 0 Å². The van der Waals surface area contributed by atoms with Crippen molar-refractivity contribution in [1.29, 1.82) is 0 Å². The lowest BCUT2D eigenvalue weighted by molar-refractivity contribution is -0.174. The number of rotatable bonds is 5. The summed E-state index contributed by atoms with van der Waals surface area (Å²) in [6.45, 7) is -0.126. The van der Waals surface area contributed by atoms with Gasteiger partial charge in [0.1, 0.15) is 12.4 Å². The third-order valence-corrected chi connectivity index (χ3v) is 2.89. The van der Waals surface area contributed by atoms with Gasteiger partial charge in [-0.2, -0.15) is 13.2 Å². The van der Waals surface area contributed by atoms with E-state index in [0.717, 1.165) is 0 Å². The lowest BCUT2D eigenvalue weighted by Crippen LogP contribution is -2.20. The van der Waals surface area contributed by atoms with Crippen molar-refractivity contribution in [1.82, 2.24) is 0 Å². The molecule has 0 spiro atoms. The Morgan fingerprint density at radius 2 is 2.05 bits per heavy atom. The Balaban J connectivity index is 2.45. The maximum Gasteiger partial charge on any atom is 0.411 e. The van der Waals surface area contributed by atoms with Crippen molar-refractivity contribution in [2.45, 2.75) is 19.5 Å². The Bertz CT molecular complexity index is 491. The van der Waals surface area contributed by atoms with Gasteiger partial charge in [-0.05, 0) is 40.5 Å². The van der Waals surface area contributed by atoms with Gasteiger partial charge in [-0.15, -0.1) is 0 Å². The number of alkyl halides is 3. The number of halogens is 5. The number of carbonyl (C=O) groups is 1. The molecule has 1 aromatic rings. The molecule has 0 saturated carbocycles. The number of anilines is 1. The molecule has 0 aliphatic rings. The molecule has 112 valence electrons. The highest BCUT2D eigenvalue weighted by Gasteiger charge is 2.27. The van der Waals surface area contributed by atoms with E-state index in [1.165, 1.54) is 12.1 Å². The number of nitrogens with one attached hydrogen (secondary N) is 1. The Hall–Kier alpha value is -1.15. The maximum absolute atomic E-state index is 13.2. The molecule has 0 aromatic heterocycles. The third-order valence-electron chi connectivity index (χ3n) is 2.28. The number of hydrogen-bond acceptors (Lipinski definition) is 2. The van der Waals surface area contributed by atoms with Gasteiger partial charge in [0.25, 0.3) is 0 Å². The van der Waals surface area contributed by atoms with Gasteiger partial charge < -0.3 is 10.1 Å². The lowest BCUT2D eigenvalue weighted by Gasteiger charge is -2.10. The summed E-state index contributed by atoms with van der Waals surface area (Å²) < 4.78 is 53.1. The zero-order valence-corrected chi connectivity index (χ0v) is 12.1. The minimum Gasteiger partial charge on any atom is -0.372 e. The molecule has 0 atom stereocenters. The van der Waals surface area contributed by atoms with Crippen LogP contribution in [-0.4, -0.2) is 25.3 Å². The Labute approximate surface area is 121 Å². The van der Waals surface area contributed by atoms with Crippen LogP contribution in [0.25, 0.3) is 0 Å². The minimum absolute atomic E-state index is 0.187. The molecule has 0 saturated heterocycles. The fourth-order valence-electron chi connectivity index (χ4n) is 1.35. The quantitative estimate of drug-likeness (QED) is 0.642. The van der Waals surface area contributed by atoms with Gasteiger partial charge in [-0.1, -0.05) is 0 Å². The molecule has 0 aliphatic heterocycles. The molecule has 1 aromatic carbocycles. The van der Waals surface area contributed by atoms with Crippen LogP contribution in [0.5, 0.6) is 0 Å². The number of hydrogen-bond donors (Lipinski definition) is 1. The van der Waals surface area contributed by atoms with Crippen molar-refractivity contribution in [2.75, 3.05) is 18.5 Å². The van der Waals surface area contributed by atoms with E-state index < -0.39 is 24.5 Å². The van der Waals surface area contributed by atoms with Gasteiger partial charge in [-0.25, -0.2) is 4.39 Å². The third kappa shape index (κ3) is 5.87. The standard InChI is InChI=1S/C12H12BrF4NO2/c1-7-4-9(14)8(13)5-10(7)18-11(19)2-3-20-6-12(15,16)17/h4-5H,2-3,6H2,1H3,(H,18,19). The Morgan fingerprint density at radius 1 is 1.40 bits per heavy atom. The fourth-order valence-corrected chi connectivity index (χ4v) is 1.69. The van der Waals surface area contributed by atoms with Crippen molar-refractivity contribution in [3.8, 4) is 0 Å². The summed E-state index contributed by atoms with van der Waals surface area (Å²) in [5, 5.41) is 2.48. The Kier molecular flexibility index (Phi) is 5.94. The van der Waals surface area contributed by atoms with Crippen molar-refractivity contribution in [3.05, 3.63) is 28.0 Å². The molecule has 0 bridgehead atoms. The van der Waals surface area contributed by atoms with Crippen LogP contribution >= 0.6 is 15.9 Å². The summed E-state index contributed by atoms with van der Waals surface area (Å²) in [6, 6.07) is 2.62. The number of carbonyl (C=O) groups excluding carboxylic acids is 1. The molecule has 0 aliphatic carbocycles. The molecule has 0 radical (unpaired) electrons. The largest absolute Gasteiger partial charge is 0.411 e. The molecule has 1 amide bonds. The van der Waals surface area contributed by atoms with Gasteiger partial charge in [0, 0.05) is 5.69 Å². The molecular formula is C12H12BrF4NO2. The maximum atomic E-state index is 13.2.